The molecule has 4 rings (SSSR count). The van der Waals surface area contributed by atoms with Gasteiger partial charge >= 0.3 is 0 Å². The Hall–Kier alpha value is -4.18. The Kier molecular flexibility index (Phi) is 6.65. The third-order valence-electron chi connectivity index (χ3n) is 4.66. The molecular weight excluding hydrogens is 444 g/mol. The summed E-state index contributed by atoms with van der Waals surface area (Å²) in [6, 6.07) is 16.8. The minimum Gasteiger partial charge on any atom is -0.496 e. The molecule has 0 saturated carbocycles. The topological polar surface area (TPSA) is 111 Å². The Labute approximate surface area is 193 Å². The fourth-order valence-electron chi connectivity index (χ4n) is 3.03. The highest BCUT2D eigenvalue weighted by atomic mass is 32.2. The molecule has 0 bridgehead atoms. The molecule has 1 aliphatic heterocycles. The fourth-order valence-corrected chi connectivity index (χ4v) is 3.96. The maximum atomic E-state index is 13.1. The van der Waals surface area contributed by atoms with E-state index in [2.05, 4.69) is 10.2 Å². The number of carbonyl (C=O) groups excluding carboxylic acids is 1. The summed E-state index contributed by atoms with van der Waals surface area (Å²) in [6.45, 7) is 0.202. The van der Waals surface area contributed by atoms with Crippen LogP contribution >= 0.6 is 11.8 Å². The number of methoxy groups -OCH3 is 1. The number of ether oxygens (including phenoxy) is 1. The number of hydrogen-bond donors (Lipinski definition) is 0. The zero-order chi connectivity index (χ0) is 23.2. The quantitative estimate of drug-likeness (QED) is 0.218. The number of hydrogen-bond acceptors (Lipinski definition) is 8. The van der Waals surface area contributed by atoms with Crippen LogP contribution in [-0.4, -0.2) is 34.2 Å². The molecule has 0 atom stereocenters. The van der Waals surface area contributed by atoms with Crippen LogP contribution in [-0.2, 0) is 11.3 Å². The molecular formula is C23H18N4O5S. The van der Waals surface area contributed by atoms with Gasteiger partial charge in [0.1, 0.15) is 11.5 Å². The fraction of sp³-hybridized carbons (Fsp3) is 0.0870. The molecule has 0 aliphatic carbocycles. The van der Waals surface area contributed by atoms with Gasteiger partial charge in [0.2, 0.25) is 0 Å². The average Bonchev–Trinajstić information content (AvgIpc) is 3.44. The number of benzene rings is 2. The minimum absolute atomic E-state index is 0.00819. The number of nitro groups is 1. The third kappa shape index (κ3) is 5.18. The van der Waals surface area contributed by atoms with Crippen molar-refractivity contribution in [2.45, 2.75) is 6.54 Å². The highest BCUT2D eigenvalue weighted by Crippen LogP contribution is 2.35. The predicted octanol–water partition coefficient (Wildman–Crippen LogP) is 4.70. The smallest absolute Gasteiger partial charge is 0.269 e. The Balaban J connectivity index is 1.61. The first kappa shape index (κ1) is 22.0. The van der Waals surface area contributed by atoms with E-state index >= 15 is 0 Å². The zero-order valence-electron chi connectivity index (χ0n) is 17.5. The first-order chi connectivity index (χ1) is 16.0. The number of nitrogens with zero attached hydrogens (tertiary/aromatic N) is 4. The van der Waals surface area contributed by atoms with Crippen LogP contribution in [0.1, 0.15) is 16.9 Å². The first-order valence-corrected chi connectivity index (χ1v) is 10.6. The first-order valence-electron chi connectivity index (χ1n) is 9.77. The Morgan fingerprint density at radius 2 is 1.94 bits per heavy atom. The number of furan rings is 1. The van der Waals surface area contributed by atoms with Gasteiger partial charge in [0.25, 0.3) is 11.6 Å². The van der Waals surface area contributed by atoms with Crippen LogP contribution in [0.2, 0.25) is 0 Å². The summed E-state index contributed by atoms with van der Waals surface area (Å²) < 4.78 is 10.8. The van der Waals surface area contributed by atoms with Gasteiger partial charge in [-0.2, -0.15) is 5.10 Å². The number of amidine groups is 1. The van der Waals surface area contributed by atoms with Crippen molar-refractivity contribution >= 4 is 40.8 Å². The van der Waals surface area contributed by atoms with Crippen LogP contribution in [0.25, 0.3) is 6.08 Å². The van der Waals surface area contributed by atoms with E-state index in [-0.39, 0.29) is 18.1 Å². The molecule has 1 amide bonds. The molecule has 1 aromatic heterocycles. The van der Waals surface area contributed by atoms with Crippen LogP contribution < -0.4 is 4.74 Å². The van der Waals surface area contributed by atoms with Crippen molar-refractivity contribution in [1.29, 1.82) is 0 Å². The van der Waals surface area contributed by atoms with E-state index < -0.39 is 4.92 Å². The van der Waals surface area contributed by atoms with Crippen LogP contribution in [0.3, 0.4) is 0 Å². The molecule has 3 aromatic rings. The predicted molar refractivity (Wildman–Crippen MR) is 126 cm³/mol. The van der Waals surface area contributed by atoms with Gasteiger partial charge in [-0.15, -0.1) is 5.10 Å². The molecule has 1 saturated heterocycles. The summed E-state index contributed by atoms with van der Waals surface area (Å²) in [5.41, 5.74) is 1.40. The summed E-state index contributed by atoms with van der Waals surface area (Å²) in [5, 5.41) is 19.5. The van der Waals surface area contributed by atoms with Crippen molar-refractivity contribution in [3.63, 3.8) is 0 Å². The molecule has 0 radical (unpaired) electrons. The van der Waals surface area contributed by atoms with E-state index in [0.717, 1.165) is 5.56 Å². The monoisotopic (exact) mass is 462 g/mol. The summed E-state index contributed by atoms with van der Waals surface area (Å²) >= 11 is 1.19. The highest BCUT2D eigenvalue weighted by Gasteiger charge is 2.34. The van der Waals surface area contributed by atoms with E-state index in [1.54, 1.807) is 37.5 Å². The van der Waals surface area contributed by atoms with E-state index in [4.69, 9.17) is 9.15 Å². The number of thioether (sulfide) groups is 1. The van der Waals surface area contributed by atoms with Gasteiger partial charge in [0.15, 0.2) is 5.17 Å². The molecule has 2 aromatic carbocycles. The van der Waals surface area contributed by atoms with Crippen molar-refractivity contribution in [2.75, 3.05) is 7.11 Å². The lowest BCUT2D eigenvalue weighted by atomic mass is 10.2. The van der Waals surface area contributed by atoms with E-state index in [0.29, 0.717) is 27.1 Å². The molecule has 9 nitrogen and oxygen atoms in total. The minimum atomic E-state index is -0.468. The summed E-state index contributed by atoms with van der Waals surface area (Å²) in [5.74, 6) is 1.03. The second kappa shape index (κ2) is 9.96. The lowest BCUT2D eigenvalue weighted by molar-refractivity contribution is -0.384. The van der Waals surface area contributed by atoms with Gasteiger partial charge in [0, 0.05) is 17.7 Å². The Morgan fingerprint density at radius 1 is 1.15 bits per heavy atom. The van der Waals surface area contributed by atoms with E-state index in [1.165, 1.54) is 41.3 Å². The second-order valence-corrected chi connectivity index (χ2v) is 7.81. The number of nitro benzene ring substituents is 1. The molecule has 166 valence electrons. The molecule has 2 heterocycles. The zero-order valence-corrected chi connectivity index (χ0v) is 18.3. The van der Waals surface area contributed by atoms with Gasteiger partial charge in [-0.1, -0.05) is 18.2 Å². The summed E-state index contributed by atoms with van der Waals surface area (Å²) in [7, 11) is 1.57. The van der Waals surface area contributed by atoms with Gasteiger partial charge in [0.05, 0.1) is 36.0 Å². The lowest BCUT2D eigenvalue weighted by Gasteiger charge is -2.12. The normalized spacial score (nSPS) is 16.3. The SMILES string of the molecule is COc1ccccc1/C=C1\S/C(=N\N=C\c2ccc([N+](=O)[O-])cc2)N(Cc2ccco2)C1=O. The summed E-state index contributed by atoms with van der Waals surface area (Å²) in [6.07, 6.45) is 4.76. The largest absolute Gasteiger partial charge is 0.496 e. The second-order valence-electron chi connectivity index (χ2n) is 6.80. The molecule has 0 spiro atoms. The summed E-state index contributed by atoms with van der Waals surface area (Å²) in [4.78, 5) is 25.4. The van der Waals surface area contributed by atoms with Gasteiger partial charge in [-0.3, -0.25) is 19.8 Å². The number of rotatable bonds is 7. The van der Waals surface area contributed by atoms with Crippen LogP contribution in [0, 0.1) is 10.1 Å². The molecule has 10 heteroatoms. The maximum Gasteiger partial charge on any atom is 0.269 e. The van der Waals surface area contributed by atoms with Gasteiger partial charge in [-0.05, 0) is 53.7 Å². The van der Waals surface area contributed by atoms with Crippen LogP contribution in [0.4, 0.5) is 5.69 Å². The van der Waals surface area contributed by atoms with Crippen molar-refractivity contribution in [1.82, 2.24) is 4.90 Å². The van der Waals surface area contributed by atoms with Crippen molar-refractivity contribution in [2.24, 2.45) is 10.2 Å². The third-order valence-corrected chi connectivity index (χ3v) is 5.66. The van der Waals surface area contributed by atoms with E-state index in [1.807, 2.05) is 24.3 Å². The van der Waals surface area contributed by atoms with Gasteiger partial charge in [-0.25, -0.2) is 0 Å². The van der Waals surface area contributed by atoms with Crippen LogP contribution in [0.5, 0.6) is 5.75 Å². The Morgan fingerprint density at radius 3 is 2.64 bits per heavy atom. The van der Waals surface area contributed by atoms with Gasteiger partial charge < -0.3 is 9.15 Å². The molecule has 1 fully saturated rings. The number of non-ortho nitro benzene ring substituents is 1. The van der Waals surface area contributed by atoms with E-state index in [9.17, 15) is 14.9 Å². The average molecular weight is 462 g/mol. The molecule has 1 aliphatic rings. The molecule has 33 heavy (non-hydrogen) atoms. The van der Waals surface area contributed by atoms with Crippen LogP contribution in [0.15, 0.2) is 86.5 Å². The van der Waals surface area contributed by atoms with Crippen molar-refractivity contribution in [3.05, 3.63) is 98.8 Å². The standard InChI is InChI=1S/C23H18N4O5S/c1-31-20-7-3-2-5-17(20)13-21-22(28)26(15-19-6-4-12-32-19)23(33-21)25-24-14-16-8-10-18(11-9-16)27(29)30/h2-14H,15H2,1H3/b21-13-,24-14+,25-23-. The molecule has 0 N–H and O–H groups in total. The highest BCUT2D eigenvalue weighted by molar-refractivity contribution is 8.18. The number of para-hydroxylation sites is 1. The number of amides is 1. The Bertz CT molecular complexity index is 1250. The van der Waals surface area contributed by atoms with Crippen molar-refractivity contribution < 1.29 is 18.9 Å². The molecule has 0 unspecified atom stereocenters. The number of carbonyl (C=O) groups is 1. The maximum absolute atomic E-state index is 13.1. The van der Waals surface area contributed by atoms with Crippen molar-refractivity contribution in [3.8, 4) is 5.75 Å². The lowest BCUT2D eigenvalue weighted by Crippen LogP contribution is -2.28.